The van der Waals surface area contributed by atoms with E-state index in [0.717, 1.165) is 25.7 Å². The van der Waals surface area contributed by atoms with Gasteiger partial charge in [0.05, 0.1) is 5.69 Å². The fourth-order valence-corrected chi connectivity index (χ4v) is 1.89. The van der Waals surface area contributed by atoms with Crippen molar-refractivity contribution in [1.82, 2.24) is 4.90 Å². The Morgan fingerprint density at radius 1 is 1.10 bits per heavy atom. The van der Waals surface area contributed by atoms with Crippen LogP contribution in [0.2, 0.25) is 0 Å². The van der Waals surface area contributed by atoms with Crippen molar-refractivity contribution in [1.29, 1.82) is 0 Å². The summed E-state index contributed by atoms with van der Waals surface area (Å²) in [6.07, 6.45) is 3.60. The lowest BCUT2D eigenvalue weighted by Crippen LogP contribution is -2.41. The number of hydrogen-bond acceptors (Lipinski definition) is 2. The first-order chi connectivity index (χ1) is 10.1. The zero-order chi connectivity index (χ0) is 15.7. The first kappa shape index (κ1) is 17.1. The van der Waals surface area contributed by atoms with Gasteiger partial charge in [-0.05, 0) is 25.0 Å². The summed E-state index contributed by atoms with van der Waals surface area (Å²) in [6.45, 7) is 5.17. The predicted molar refractivity (Wildman–Crippen MR) is 81.4 cm³/mol. The average Bonchev–Trinajstić information content (AvgIpc) is 2.49. The van der Waals surface area contributed by atoms with Gasteiger partial charge in [-0.2, -0.15) is 0 Å². The van der Waals surface area contributed by atoms with Crippen LogP contribution in [0.1, 0.15) is 39.5 Å². The molecular formula is C16H23FN2O2. The van der Waals surface area contributed by atoms with E-state index in [-0.39, 0.29) is 5.69 Å². The molecule has 0 aliphatic rings. The molecule has 0 unspecified atom stereocenters. The molecule has 0 heterocycles. The summed E-state index contributed by atoms with van der Waals surface area (Å²) in [7, 11) is 0. The lowest BCUT2D eigenvalue weighted by molar-refractivity contribution is -0.143. The average molecular weight is 294 g/mol. The normalized spacial score (nSPS) is 10.2. The summed E-state index contributed by atoms with van der Waals surface area (Å²) in [5.41, 5.74) is 0.0294. The molecule has 0 atom stereocenters. The lowest BCUT2D eigenvalue weighted by atomic mass is 10.2. The zero-order valence-electron chi connectivity index (χ0n) is 12.7. The number of nitrogens with zero attached hydrogens (tertiary/aromatic N) is 1. The van der Waals surface area contributed by atoms with E-state index < -0.39 is 17.6 Å². The van der Waals surface area contributed by atoms with E-state index in [0.29, 0.717) is 13.1 Å². The van der Waals surface area contributed by atoms with E-state index in [2.05, 4.69) is 5.32 Å². The fraction of sp³-hybridized carbons (Fsp3) is 0.500. The third-order valence-electron chi connectivity index (χ3n) is 3.17. The minimum Gasteiger partial charge on any atom is -0.334 e. The van der Waals surface area contributed by atoms with E-state index in [9.17, 15) is 14.0 Å². The van der Waals surface area contributed by atoms with Gasteiger partial charge in [0, 0.05) is 13.1 Å². The predicted octanol–water partition coefficient (Wildman–Crippen LogP) is 3.19. The number of carbonyl (C=O) groups is 2. The molecule has 1 rings (SSSR count). The molecule has 21 heavy (non-hydrogen) atoms. The van der Waals surface area contributed by atoms with Crippen molar-refractivity contribution < 1.29 is 14.0 Å². The molecule has 0 aromatic heterocycles. The van der Waals surface area contributed by atoms with E-state index in [1.54, 1.807) is 11.0 Å². The quantitative estimate of drug-likeness (QED) is 0.785. The van der Waals surface area contributed by atoms with Crippen LogP contribution < -0.4 is 5.32 Å². The highest BCUT2D eigenvalue weighted by atomic mass is 19.1. The SMILES string of the molecule is CCCCN(CCCC)C(=O)C(=O)Nc1ccccc1F. The van der Waals surface area contributed by atoms with Crippen LogP contribution in [0.3, 0.4) is 0 Å². The Kier molecular flexibility index (Phi) is 7.43. The maximum atomic E-state index is 13.5. The van der Waals surface area contributed by atoms with E-state index in [4.69, 9.17) is 0 Å². The molecule has 2 amide bonds. The summed E-state index contributed by atoms with van der Waals surface area (Å²) in [5, 5.41) is 2.34. The third kappa shape index (κ3) is 5.53. The maximum Gasteiger partial charge on any atom is 0.313 e. The van der Waals surface area contributed by atoms with Gasteiger partial charge >= 0.3 is 11.8 Å². The molecule has 0 aliphatic heterocycles. The van der Waals surface area contributed by atoms with Crippen LogP contribution >= 0.6 is 0 Å². The first-order valence-corrected chi connectivity index (χ1v) is 7.44. The smallest absolute Gasteiger partial charge is 0.313 e. The monoisotopic (exact) mass is 294 g/mol. The molecule has 0 fully saturated rings. The highest BCUT2D eigenvalue weighted by molar-refractivity contribution is 6.39. The largest absolute Gasteiger partial charge is 0.334 e. The second kappa shape index (κ2) is 9.10. The summed E-state index contributed by atoms with van der Waals surface area (Å²) in [6, 6.07) is 5.81. The fourth-order valence-electron chi connectivity index (χ4n) is 1.89. The molecule has 0 radical (unpaired) electrons. The van der Waals surface area contributed by atoms with Crippen molar-refractivity contribution in [2.45, 2.75) is 39.5 Å². The molecule has 0 saturated heterocycles. The minimum atomic E-state index is -0.785. The topological polar surface area (TPSA) is 49.4 Å². The Morgan fingerprint density at radius 3 is 2.19 bits per heavy atom. The van der Waals surface area contributed by atoms with Crippen molar-refractivity contribution in [3.63, 3.8) is 0 Å². The Balaban J connectivity index is 2.68. The molecule has 0 bridgehead atoms. The van der Waals surface area contributed by atoms with Gasteiger partial charge in [0.25, 0.3) is 0 Å². The molecule has 116 valence electrons. The van der Waals surface area contributed by atoms with Crippen LogP contribution in [0.15, 0.2) is 24.3 Å². The first-order valence-electron chi connectivity index (χ1n) is 7.44. The summed E-state index contributed by atoms with van der Waals surface area (Å²) >= 11 is 0. The number of nitrogens with one attached hydrogen (secondary N) is 1. The zero-order valence-corrected chi connectivity index (χ0v) is 12.7. The Labute approximate surface area is 125 Å². The third-order valence-corrected chi connectivity index (χ3v) is 3.17. The van der Waals surface area contributed by atoms with Crippen LogP contribution in [-0.4, -0.2) is 29.8 Å². The van der Waals surface area contributed by atoms with Crippen LogP contribution in [0, 0.1) is 5.82 Å². The summed E-state index contributed by atoms with van der Waals surface area (Å²) < 4.78 is 13.5. The lowest BCUT2D eigenvalue weighted by Gasteiger charge is -2.21. The van der Waals surface area contributed by atoms with Gasteiger partial charge in [-0.25, -0.2) is 4.39 Å². The summed E-state index contributed by atoms with van der Waals surface area (Å²) in [5.74, 6) is -1.93. The number of unbranched alkanes of at least 4 members (excludes halogenated alkanes) is 2. The second-order valence-corrected chi connectivity index (χ2v) is 4.93. The number of amides is 2. The number of anilines is 1. The van der Waals surface area contributed by atoms with Crippen LogP contribution in [0.4, 0.5) is 10.1 Å². The van der Waals surface area contributed by atoms with Crippen molar-refractivity contribution in [3.8, 4) is 0 Å². The Morgan fingerprint density at radius 2 is 1.67 bits per heavy atom. The minimum absolute atomic E-state index is 0.0294. The van der Waals surface area contributed by atoms with E-state index in [1.165, 1.54) is 18.2 Å². The number of para-hydroxylation sites is 1. The van der Waals surface area contributed by atoms with Crippen molar-refractivity contribution >= 4 is 17.5 Å². The molecule has 0 aliphatic carbocycles. The van der Waals surface area contributed by atoms with Gasteiger partial charge in [-0.15, -0.1) is 0 Å². The molecule has 1 N–H and O–H groups in total. The highest BCUT2D eigenvalue weighted by Crippen LogP contribution is 2.12. The van der Waals surface area contributed by atoms with Gasteiger partial charge in [0.2, 0.25) is 0 Å². The Hall–Kier alpha value is -1.91. The van der Waals surface area contributed by atoms with Gasteiger partial charge in [-0.1, -0.05) is 38.8 Å². The van der Waals surface area contributed by atoms with Crippen LogP contribution in [0.25, 0.3) is 0 Å². The van der Waals surface area contributed by atoms with Gasteiger partial charge in [0.1, 0.15) is 5.82 Å². The van der Waals surface area contributed by atoms with Crippen molar-refractivity contribution in [2.24, 2.45) is 0 Å². The van der Waals surface area contributed by atoms with E-state index in [1.807, 2.05) is 13.8 Å². The molecular weight excluding hydrogens is 271 g/mol. The number of benzene rings is 1. The number of halogens is 1. The molecule has 4 nitrogen and oxygen atoms in total. The van der Waals surface area contributed by atoms with Crippen LogP contribution in [0.5, 0.6) is 0 Å². The number of hydrogen-bond donors (Lipinski definition) is 1. The molecule has 1 aromatic rings. The van der Waals surface area contributed by atoms with Gasteiger partial charge in [0.15, 0.2) is 0 Å². The Bertz CT molecular complexity index is 469. The van der Waals surface area contributed by atoms with Crippen molar-refractivity contribution in [2.75, 3.05) is 18.4 Å². The summed E-state index contributed by atoms with van der Waals surface area (Å²) in [4.78, 5) is 25.7. The molecule has 0 saturated carbocycles. The van der Waals surface area contributed by atoms with Gasteiger partial charge in [-0.3, -0.25) is 9.59 Å². The van der Waals surface area contributed by atoms with Crippen LogP contribution in [-0.2, 0) is 9.59 Å². The second-order valence-electron chi connectivity index (χ2n) is 4.93. The molecule has 0 spiro atoms. The number of carbonyl (C=O) groups excluding carboxylic acids is 2. The standard InChI is InChI=1S/C16H23FN2O2/c1-3-5-11-19(12-6-4-2)16(21)15(20)18-14-10-8-7-9-13(14)17/h7-10H,3-6,11-12H2,1-2H3,(H,18,20). The molecule has 1 aromatic carbocycles. The number of rotatable bonds is 7. The highest BCUT2D eigenvalue weighted by Gasteiger charge is 2.21. The molecule has 5 heteroatoms. The van der Waals surface area contributed by atoms with Gasteiger partial charge < -0.3 is 10.2 Å². The van der Waals surface area contributed by atoms with E-state index >= 15 is 0 Å². The van der Waals surface area contributed by atoms with Crippen molar-refractivity contribution in [3.05, 3.63) is 30.1 Å². The maximum absolute atomic E-state index is 13.5.